The number of carboxylic acids is 1. The van der Waals surface area contributed by atoms with Crippen molar-refractivity contribution in [3.63, 3.8) is 0 Å². The summed E-state index contributed by atoms with van der Waals surface area (Å²) in [5.41, 5.74) is 1.66. The maximum absolute atomic E-state index is 13.1. The minimum absolute atomic E-state index is 0.0589. The molecule has 4 N–H and O–H groups in total. The maximum atomic E-state index is 13.1. The van der Waals surface area contributed by atoms with E-state index in [1.54, 1.807) is 36.3 Å². The van der Waals surface area contributed by atoms with Crippen molar-refractivity contribution < 1.29 is 24.2 Å². The average molecular weight is 538 g/mol. The molecule has 3 aliphatic rings. The van der Waals surface area contributed by atoms with Crippen molar-refractivity contribution in [2.24, 2.45) is 0 Å². The number of aromatic nitrogens is 2. The highest BCUT2D eigenvalue weighted by Gasteiger charge is 2.41. The number of nitrogens with one attached hydrogen (secondary N) is 3. The van der Waals surface area contributed by atoms with Crippen LogP contribution in [0, 0.1) is 0 Å². The number of benzene rings is 1. The van der Waals surface area contributed by atoms with E-state index in [0.29, 0.717) is 48.0 Å². The van der Waals surface area contributed by atoms with Gasteiger partial charge in [0.1, 0.15) is 23.5 Å². The van der Waals surface area contributed by atoms with Crippen LogP contribution in [-0.4, -0.2) is 77.7 Å². The molecule has 5 rings (SSSR count). The molecule has 208 valence electrons. The van der Waals surface area contributed by atoms with Gasteiger partial charge in [0.25, 0.3) is 5.91 Å². The van der Waals surface area contributed by atoms with Gasteiger partial charge >= 0.3 is 5.97 Å². The molecule has 2 amide bonds. The molecule has 1 saturated carbocycles. The number of methoxy groups -OCH3 is 1. The predicted molar refractivity (Wildman–Crippen MR) is 146 cm³/mol. The van der Waals surface area contributed by atoms with Crippen LogP contribution in [0.1, 0.15) is 55.8 Å². The molecule has 2 aliphatic heterocycles. The average Bonchev–Trinajstić information content (AvgIpc) is 3.63. The summed E-state index contributed by atoms with van der Waals surface area (Å²) in [6, 6.07) is 4.08. The molecular weight excluding hydrogens is 502 g/mol. The first-order valence-electron chi connectivity index (χ1n) is 13.5. The molecule has 0 spiro atoms. The van der Waals surface area contributed by atoms with Crippen LogP contribution in [-0.2, 0) is 9.59 Å². The van der Waals surface area contributed by atoms with Gasteiger partial charge in [0.05, 0.1) is 19.0 Å². The van der Waals surface area contributed by atoms with Crippen molar-refractivity contribution in [1.29, 1.82) is 0 Å². The van der Waals surface area contributed by atoms with E-state index in [4.69, 9.17) is 14.8 Å². The van der Waals surface area contributed by atoms with Crippen molar-refractivity contribution >= 4 is 40.9 Å². The lowest BCUT2D eigenvalue weighted by molar-refractivity contribution is -0.139. The monoisotopic (exact) mass is 537 g/mol. The van der Waals surface area contributed by atoms with Crippen LogP contribution in [0.3, 0.4) is 0 Å². The van der Waals surface area contributed by atoms with E-state index in [2.05, 4.69) is 25.8 Å². The molecule has 39 heavy (non-hydrogen) atoms. The van der Waals surface area contributed by atoms with Crippen LogP contribution >= 0.6 is 0 Å². The van der Waals surface area contributed by atoms with Crippen LogP contribution in [0.5, 0.6) is 5.75 Å². The Bertz CT molecular complexity index is 1270. The second-order valence-electron chi connectivity index (χ2n) is 10.3. The number of carbonyl (C=O) groups is 3. The van der Waals surface area contributed by atoms with Crippen molar-refractivity contribution in [3.8, 4) is 5.75 Å². The smallest absolute Gasteiger partial charge is 0.320 e. The predicted octanol–water partition coefficient (Wildman–Crippen LogP) is 2.28. The van der Waals surface area contributed by atoms with Gasteiger partial charge in [-0.15, -0.1) is 0 Å². The van der Waals surface area contributed by atoms with Crippen molar-refractivity contribution in [2.45, 2.75) is 69.6 Å². The Kier molecular flexibility index (Phi) is 7.56. The molecule has 2 aromatic rings. The molecule has 0 bridgehead atoms. The van der Waals surface area contributed by atoms with Crippen molar-refractivity contribution in [1.82, 2.24) is 20.6 Å². The van der Waals surface area contributed by atoms with Crippen LogP contribution in [0.4, 0.5) is 23.1 Å². The first kappa shape index (κ1) is 26.7. The van der Waals surface area contributed by atoms with Crippen molar-refractivity contribution in [2.75, 3.05) is 35.8 Å². The summed E-state index contributed by atoms with van der Waals surface area (Å²) >= 11 is 0. The van der Waals surface area contributed by atoms with E-state index in [-0.39, 0.29) is 29.9 Å². The summed E-state index contributed by atoms with van der Waals surface area (Å²) in [4.78, 5) is 50.3. The Morgan fingerprint density at radius 1 is 1.26 bits per heavy atom. The lowest BCUT2D eigenvalue weighted by Gasteiger charge is -2.43. The van der Waals surface area contributed by atoms with Gasteiger partial charge in [-0.2, -0.15) is 4.98 Å². The summed E-state index contributed by atoms with van der Waals surface area (Å²) in [5, 5.41) is 18.1. The lowest BCUT2D eigenvalue weighted by atomic mass is 10.0. The second kappa shape index (κ2) is 11.0. The quantitative estimate of drug-likeness (QED) is 0.395. The minimum atomic E-state index is -0.928. The maximum Gasteiger partial charge on any atom is 0.320 e. The summed E-state index contributed by atoms with van der Waals surface area (Å²) in [6.07, 6.45) is 7.03. The van der Waals surface area contributed by atoms with Crippen LogP contribution in [0.25, 0.3) is 0 Å². The number of likely N-dealkylation sites (N-methyl/N-ethyl adjacent to an activating group) is 1. The van der Waals surface area contributed by atoms with E-state index in [1.165, 1.54) is 7.11 Å². The van der Waals surface area contributed by atoms with Gasteiger partial charge in [-0.3, -0.25) is 14.4 Å². The van der Waals surface area contributed by atoms with Gasteiger partial charge in [-0.25, -0.2) is 4.98 Å². The van der Waals surface area contributed by atoms with Gasteiger partial charge in [0, 0.05) is 31.2 Å². The fourth-order valence-corrected chi connectivity index (χ4v) is 5.80. The van der Waals surface area contributed by atoms with Crippen LogP contribution in [0.15, 0.2) is 24.4 Å². The molecule has 3 heterocycles. The van der Waals surface area contributed by atoms with Gasteiger partial charge < -0.3 is 35.6 Å². The molecule has 1 aromatic carbocycles. The number of rotatable bonds is 8. The molecule has 0 radical (unpaired) electrons. The van der Waals surface area contributed by atoms with Crippen LogP contribution in [0.2, 0.25) is 0 Å². The molecule has 1 aliphatic carbocycles. The highest BCUT2D eigenvalue weighted by atomic mass is 16.5. The van der Waals surface area contributed by atoms with E-state index in [9.17, 15) is 14.4 Å². The first-order chi connectivity index (χ1) is 18.8. The number of hydrogen-bond donors (Lipinski definition) is 4. The molecule has 3 atom stereocenters. The molecule has 0 unspecified atom stereocenters. The fraction of sp³-hybridized carbons (Fsp3) is 0.519. The largest absolute Gasteiger partial charge is 0.495 e. The number of fused-ring (bicyclic) bond motifs is 1. The standard InChI is InChI=1S/C27H35N7O5/c1-4-20-25(36)33(2)21-14-29-27(32-23(21)34(20)17-7-5-6-8-17)31-18-10-9-15(11-22(18)39-3)24(35)30-16-12-19(26(37)38)28-13-16/h9-11,14,16-17,19-20,28H,4-8,12-13H2,1-3H3,(H,30,35)(H,37,38)(H,29,31,32)/t16-,19-,20+/m0/s1. The normalized spacial score (nSPS) is 23.1. The number of amides is 2. The van der Waals surface area contributed by atoms with E-state index in [1.807, 2.05) is 6.92 Å². The Morgan fingerprint density at radius 3 is 2.69 bits per heavy atom. The number of carbonyl (C=O) groups excluding carboxylic acids is 2. The summed E-state index contributed by atoms with van der Waals surface area (Å²) in [5.74, 6) is 0.359. The van der Waals surface area contributed by atoms with Gasteiger partial charge in [-0.1, -0.05) is 19.8 Å². The number of hydrogen-bond acceptors (Lipinski definition) is 9. The highest BCUT2D eigenvalue weighted by Crippen LogP contribution is 2.40. The Hall–Kier alpha value is -3.93. The number of carboxylic acid groups (broad SMARTS) is 1. The number of aliphatic carboxylic acids is 1. The third-order valence-electron chi connectivity index (χ3n) is 7.89. The summed E-state index contributed by atoms with van der Waals surface area (Å²) in [6.45, 7) is 2.42. The zero-order chi connectivity index (χ0) is 27.7. The molecular formula is C27H35N7O5. The molecule has 1 saturated heterocycles. The fourth-order valence-electron chi connectivity index (χ4n) is 5.80. The third kappa shape index (κ3) is 5.20. The molecule has 1 aromatic heterocycles. The third-order valence-corrected chi connectivity index (χ3v) is 7.89. The Labute approximate surface area is 227 Å². The zero-order valence-corrected chi connectivity index (χ0v) is 22.4. The van der Waals surface area contributed by atoms with Crippen molar-refractivity contribution in [3.05, 3.63) is 30.0 Å². The van der Waals surface area contributed by atoms with Crippen LogP contribution < -0.4 is 30.5 Å². The number of ether oxygens (including phenoxy) is 1. The van der Waals surface area contributed by atoms with E-state index >= 15 is 0 Å². The minimum Gasteiger partial charge on any atom is -0.495 e. The zero-order valence-electron chi connectivity index (χ0n) is 22.4. The van der Waals surface area contributed by atoms with Gasteiger partial charge in [0.15, 0.2) is 5.82 Å². The number of anilines is 4. The van der Waals surface area contributed by atoms with Gasteiger partial charge in [-0.05, 0) is 43.9 Å². The molecule has 2 fully saturated rings. The highest BCUT2D eigenvalue weighted by molar-refractivity contribution is 6.04. The summed E-state index contributed by atoms with van der Waals surface area (Å²) in [7, 11) is 3.28. The van der Waals surface area contributed by atoms with Gasteiger partial charge in [0.2, 0.25) is 11.9 Å². The number of nitrogens with zero attached hydrogens (tertiary/aromatic N) is 4. The Morgan fingerprint density at radius 2 is 2.03 bits per heavy atom. The van der Waals surface area contributed by atoms with E-state index in [0.717, 1.165) is 31.5 Å². The molecule has 12 heteroatoms. The molecule has 12 nitrogen and oxygen atoms in total. The SMILES string of the molecule is CC[C@@H]1C(=O)N(C)c2cnc(Nc3ccc(C(=O)N[C@@H]4CN[C@H](C(=O)O)C4)cc3OC)nc2N1C1CCCC1. The Balaban J connectivity index is 1.37. The summed E-state index contributed by atoms with van der Waals surface area (Å²) < 4.78 is 5.56. The lowest BCUT2D eigenvalue weighted by Crippen LogP contribution is -2.55. The topological polar surface area (TPSA) is 149 Å². The second-order valence-corrected chi connectivity index (χ2v) is 10.3. The van der Waals surface area contributed by atoms with E-state index < -0.39 is 12.0 Å². The first-order valence-corrected chi connectivity index (χ1v) is 13.5.